The topological polar surface area (TPSA) is 42.4 Å². The number of methoxy groups -OCH3 is 1. The molecular formula is C21H24F2N2O2. The number of carbonyl (C=O) groups excluding carboxylic acids is 1. The molecule has 0 bridgehead atoms. The highest BCUT2D eigenvalue weighted by Gasteiger charge is 2.35. The maximum Gasteiger partial charge on any atom is 0.231 e. The van der Waals surface area contributed by atoms with Gasteiger partial charge in [0.25, 0.3) is 0 Å². The Morgan fingerprint density at radius 1 is 1.15 bits per heavy atom. The monoisotopic (exact) mass is 374 g/mol. The van der Waals surface area contributed by atoms with Crippen molar-refractivity contribution in [1.82, 2.24) is 4.98 Å². The van der Waals surface area contributed by atoms with Crippen LogP contribution < -0.4 is 9.64 Å². The molecule has 2 aromatic rings. The van der Waals surface area contributed by atoms with Crippen molar-refractivity contribution in [3.63, 3.8) is 0 Å². The van der Waals surface area contributed by atoms with E-state index in [1.54, 1.807) is 6.20 Å². The Bertz CT molecular complexity index is 879. The van der Waals surface area contributed by atoms with Gasteiger partial charge in [0.2, 0.25) is 5.91 Å². The van der Waals surface area contributed by atoms with Crippen LogP contribution in [0.25, 0.3) is 0 Å². The predicted molar refractivity (Wildman–Crippen MR) is 100 cm³/mol. The molecule has 1 aromatic carbocycles. The van der Waals surface area contributed by atoms with Crippen LogP contribution in [0, 0.1) is 18.6 Å². The molecule has 6 heteroatoms. The van der Waals surface area contributed by atoms with Crippen LogP contribution >= 0.6 is 0 Å². The summed E-state index contributed by atoms with van der Waals surface area (Å²) in [5.41, 5.74) is 2.60. The molecule has 0 radical (unpaired) electrons. The molecule has 1 aromatic heterocycles. The second-order valence-corrected chi connectivity index (χ2v) is 6.67. The number of carbonyl (C=O) groups is 1. The smallest absolute Gasteiger partial charge is 0.231 e. The lowest BCUT2D eigenvalue weighted by molar-refractivity contribution is -0.118. The van der Waals surface area contributed by atoms with Gasteiger partial charge in [0.1, 0.15) is 5.69 Å². The number of pyridine rings is 1. The zero-order valence-electron chi connectivity index (χ0n) is 16.1. The standard InChI is InChI=1S/C19H18F2N2O2.C2H6/c1-10-5-12-6-16(24)23(9-13(12)8-22-10)19-17(20)14(11-3-4-11)7-15(25-2)18(19)21;1-2/h5,7-8,11H,3-4,6,9H2,1-2H3;1-2H3. The van der Waals surface area contributed by atoms with Crippen LogP contribution in [0.1, 0.15) is 55.0 Å². The van der Waals surface area contributed by atoms with Gasteiger partial charge in [-0.2, -0.15) is 0 Å². The lowest BCUT2D eigenvalue weighted by Gasteiger charge is -2.30. The number of ether oxygens (including phenoxy) is 1. The minimum Gasteiger partial charge on any atom is -0.494 e. The molecule has 1 fully saturated rings. The minimum absolute atomic E-state index is 0.0288. The molecule has 1 saturated carbocycles. The van der Waals surface area contributed by atoms with E-state index in [2.05, 4.69) is 4.98 Å². The zero-order chi connectivity index (χ0) is 19.7. The zero-order valence-corrected chi connectivity index (χ0v) is 16.1. The molecule has 0 saturated heterocycles. The third kappa shape index (κ3) is 3.53. The number of aromatic nitrogens is 1. The first-order valence-corrected chi connectivity index (χ1v) is 9.30. The first-order chi connectivity index (χ1) is 13.0. The normalized spacial score (nSPS) is 15.8. The average Bonchev–Trinajstić information content (AvgIpc) is 3.49. The maximum atomic E-state index is 15.0. The van der Waals surface area contributed by atoms with E-state index in [9.17, 15) is 9.18 Å². The van der Waals surface area contributed by atoms with Gasteiger partial charge in [0.15, 0.2) is 17.4 Å². The molecular weight excluding hydrogens is 350 g/mol. The number of halogens is 2. The lowest BCUT2D eigenvalue weighted by atomic mass is 9.98. The van der Waals surface area contributed by atoms with Crippen LogP contribution in [0.3, 0.4) is 0 Å². The summed E-state index contributed by atoms with van der Waals surface area (Å²) in [4.78, 5) is 18.0. The largest absolute Gasteiger partial charge is 0.494 e. The quantitative estimate of drug-likeness (QED) is 0.784. The number of hydrogen-bond acceptors (Lipinski definition) is 3. The number of benzene rings is 1. The van der Waals surface area contributed by atoms with Crippen molar-refractivity contribution in [1.29, 1.82) is 0 Å². The van der Waals surface area contributed by atoms with Crippen molar-refractivity contribution in [2.24, 2.45) is 0 Å². The number of nitrogens with zero attached hydrogens (tertiary/aromatic N) is 2. The van der Waals surface area contributed by atoms with Crippen LogP contribution in [0.2, 0.25) is 0 Å². The Balaban J connectivity index is 0.00000102. The Morgan fingerprint density at radius 3 is 2.48 bits per heavy atom. The van der Waals surface area contributed by atoms with E-state index in [1.165, 1.54) is 18.1 Å². The molecule has 2 aliphatic rings. The summed E-state index contributed by atoms with van der Waals surface area (Å²) < 4.78 is 34.9. The van der Waals surface area contributed by atoms with Crippen molar-refractivity contribution >= 4 is 11.6 Å². The highest BCUT2D eigenvalue weighted by molar-refractivity contribution is 5.97. The molecule has 0 spiro atoms. The number of anilines is 1. The summed E-state index contributed by atoms with van der Waals surface area (Å²) in [5.74, 6) is -1.77. The van der Waals surface area contributed by atoms with Crippen molar-refractivity contribution < 1.29 is 18.3 Å². The fraction of sp³-hybridized carbons (Fsp3) is 0.429. The molecule has 0 unspecified atom stereocenters. The second-order valence-electron chi connectivity index (χ2n) is 6.67. The number of fused-ring (bicyclic) bond motifs is 1. The third-order valence-corrected chi connectivity index (χ3v) is 4.87. The highest BCUT2D eigenvalue weighted by Crippen LogP contribution is 2.46. The molecule has 2 heterocycles. The lowest BCUT2D eigenvalue weighted by Crippen LogP contribution is -2.37. The van der Waals surface area contributed by atoms with Crippen molar-refractivity contribution in [3.8, 4) is 5.75 Å². The highest BCUT2D eigenvalue weighted by atomic mass is 19.1. The minimum atomic E-state index is -0.832. The Hall–Kier alpha value is -2.50. The molecule has 0 atom stereocenters. The molecule has 1 aliphatic carbocycles. The number of rotatable bonds is 3. The van der Waals surface area contributed by atoms with E-state index in [4.69, 9.17) is 4.74 Å². The van der Waals surface area contributed by atoms with Gasteiger partial charge in [-0.3, -0.25) is 9.78 Å². The molecule has 27 heavy (non-hydrogen) atoms. The van der Waals surface area contributed by atoms with Gasteiger partial charge in [-0.05, 0) is 54.5 Å². The number of aryl methyl sites for hydroxylation is 1. The average molecular weight is 374 g/mol. The van der Waals surface area contributed by atoms with Gasteiger partial charge < -0.3 is 9.64 Å². The van der Waals surface area contributed by atoms with Crippen LogP contribution in [0.4, 0.5) is 14.5 Å². The third-order valence-electron chi connectivity index (χ3n) is 4.87. The molecule has 144 valence electrons. The van der Waals surface area contributed by atoms with E-state index in [-0.39, 0.29) is 36.2 Å². The van der Waals surface area contributed by atoms with Gasteiger partial charge in [0, 0.05) is 11.9 Å². The van der Waals surface area contributed by atoms with Gasteiger partial charge in [-0.25, -0.2) is 8.78 Å². The maximum absolute atomic E-state index is 15.0. The predicted octanol–water partition coefficient (Wildman–Crippen LogP) is 4.67. The summed E-state index contributed by atoms with van der Waals surface area (Å²) in [5, 5.41) is 0. The van der Waals surface area contributed by atoms with E-state index in [0.29, 0.717) is 5.56 Å². The summed E-state index contributed by atoms with van der Waals surface area (Å²) in [6.07, 6.45) is 3.51. The summed E-state index contributed by atoms with van der Waals surface area (Å²) in [6, 6.07) is 3.26. The first kappa shape index (κ1) is 19.3. The number of amides is 1. The van der Waals surface area contributed by atoms with E-state index in [1.807, 2.05) is 26.8 Å². The summed E-state index contributed by atoms with van der Waals surface area (Å²) >= 11 is 0. The van der Waals surface area contributed by atoms with Crippen molar-refractivity contribution in [2.75, 3.05) is 12.0 Å². The van der Waals surface area contributed by atoms with Gasteiger partial charge in [0.05, 0.1) is 20.1 Å². The fourth-order valence-electron chi connectivity index (χ4n) is 3.37. The Kier molecular flexibility index (Phi) is 5.44. The fourth-order valence-corrected chi connectivity index (χ4v) is 3.37. The van der Waals surface area contributed by atoms with E-state index >= 15 is 4.39 Å². The SMILES string of the molecule is CC.COc1cc(C2CC2)c(F)c(N2Cc3cnc(C)cc3CC2=O)c1F. The number of hydrogen-bond donors (Lipinski definition) is 0. The molecule has 1 amide bonds. The molecule has 4 rings (SSSR count). The van der Waals surface area contributed by atoms with Gasteiger partial charge in [-0.15, -0.1) is 0 Å². The van der Waals surface area contributed by atoms with E-state index < -0.39 is 11.6 Å². The Morgan fingerprint density at radius 2 is 1.85 bits per heavy atom. The van der Waals surface area contributed by atoms with Gasteiger partial charge in [-0.1, -0.05) is 13.8 Å². The molecule has 0 N–H and O–H groups in total. The van der Waals surface area contributed by atoms with Gasteiger partial charge >= 0.3 is 0 Å². The van der Waals surface area contributed by atoms with Crippen LogP contribution in [-0.4, -0.2) is 18.0 Å². The van der Waals surface area contributed by atoms with Crippen molar-refractivity contribution in [2.45, 2.75) is 52.5 Å². The molecule has 1 aliphatic heterocycles. The Labute approximate surface area is 158 Å². The van der Waals surface area contributed by atoms with Crippen LogP contribution in [0.5, 0.6) is 5.75 Å². The van der Waals surface area contributed by atoms with E-state index in [0.717, 1.165) is 29.7 Å². The van der Waals surface area contributed by atoms with Crippen molar-refractivity contribution in [3.05, 3.63) is 52.3 Å². The first-order valence-electron chi connectivity index (χ1n) is 9.30. The van der Waals surface area contributed by atoms with Crippen LogP contribution in [-0.2, 0) is 17.8 Å². The molecule has 4 nitrogen and oxygen atoms in total. The van der Waals surface area contributed by atoms with Crippen LogP contribution in [0.15, 0.2) is 18.3 Å². The summed E-state index contributed by atoms with van der Waals surface area (Å²) in [6.45, 7) is 5.95. The second kappa shape index (κ2) is 7.62. The summed E-state index contributed by atoms with van der Waals surface area (Å²) in [7, 11) is 1.34.